The summed E-state index contributed by atoms with van der Waals surface area (Å²) >= 11 is 1.63. The molecule has 118 valence electrons. The van der Waals surface area contributed by atoms with Crippen LogP contribution in [0.1, 0.15) is 22.2 Å². The van der Waals surface area contributed by atoms with Crippen LogP contribution in [0, 0.1) is 6.92 Å². The summed E-state index contributed by atoms with van der Waals surface area (Å²) in [6.45, 7) is 2.86. The minimum atomic E-state index is -0.0798. The number of nitrogens with zero attached hydrogens (tertiary/aromatic N) is 1. The van der Waals surface area contributed by atoms with Gasteiger partial charge in [-0.3, -0.25) is 4.79 Å². The molecule has 0 saturated heterocycles. The van der Waals surface area contributed by atoms with E-state index in [-0.39, 0.29) is 5.91 Å². The van der Waals surface area contributed by atoms with Gasteiger partial charge >= 0.3 is 0 Å². The normalized spacial score (nSPS) is 11.2. The Morgan fingerprint density at radius 2 is 2.13 bits per heavy atom. The molecule has 3 aromatic heterocycles. The lowest BCUT2D eigenvalue weighted by Crippen LogP contribution is -2.27. The van der Waals surface area contributed by atoms with E-state index in [1.165, 1.54) is 6.08 Å². The number of hydrogen-bond donors (Lipinski definition) is 0. The van der Waals surface area contributed by atoms with Crippen molar-refractivity contribution >= 4 is 23.3 Å². The van der Waals surface area contributed by atoms with Crippen LogP contribution in [0.4, 0.5) is 0 Å². The fourth-order valence-corrected chi connectivity index (χ4v) is 2.91. The van der Waals surface area contributed by atoms with E-state index in [2.05, 4.69) is 0 Å². The highest BCUT2D eigenvalue weighted by molar-refractivity contribution is 7.09. The molecule has 0 spiro atoms. The number of furan rings is 2. The Morgan fingerprint density at radius 1 is 1.22 bits per heavy atom. The van der Waals surface area contributed by atoms with E-state index in [4.69, 9.17) is 8.83 Å². The number of carbonyl (C=O) groups is 1. The highest BCUT2D eigenvalue weighted by atomic mass is 32.1. The number of carbonyl (C=O) groups excluding carboxylic acids is 1. The highest BCUT2D eigenvalue weighted by Gasteiger charge is 2.14. The first-order valence-corrected chi connectivity index (χ1v) is 8.17. The summed E-state index contributed by atoms with van der Waals surface area (Å²) in [5.74, 6) is 2.18. The van der Waals surface area contributed by atoms with Crippen molar-refractivity contribution in [2.45, 2.75) is 20.0 Å². The SMILES string of the molecule is Cc1ccc(/C=C/C(=O)N(Cc2ccco2)Cc2cccs2)o1. The Hall–Kier alpha value is -2.53. The largest absolute Gasteiger partial charge is 0.467 e. The molecule has 3 aromatic rings. The first kappa shape index (κ1) is 15.4. The van der Waals surface area contributed by atoms with Gasteiger partial charge in [-0.25, -0.2) is 0 Å². The molecular weight excluding hydrogens is 310 g/mol. The molecule has 0 unspecified atom stereocenters. The zero-order valence-electron chi connectivity index (χ0n) is 12.8. The predicted molar refractivity (Wildman–Crippen MR) is 89.8 cm³/mol. The zero-order chi connectivity index (χ0) is 16.1. The van der Waals surface area contributed by atoms with Gasteiger partial charge in [-0.15, -0.1) is 11.3 Å². The van der Waals surface area contributed by atoms with Crippen molar-refractivity contribution in [1.82, 2.24) is 4.90 Å². The number of thiophene rings is 1. The molecule has 0 fully saturated rings. The standard InChI is InChI=1S/C18H17NO3S/c1-14-6-7-15(22-14)8-9-18(20)19(12-16-4-2-10-21-16)13-17-5-3-11-23-17/h2-11H,12-13H2,1H3/b9-8+. The second kappa shape index (κ2) is 7.15. The molecule has 0 aromatic carbocycles. The fourth-order valence-electron chi connectivity index (χ4n) is 2.19. The Labute approximate surface area is 138 Å². The molecule has 4 nitrogen and oxygen atoms in total. The van der Waals surface area contributed by atoms with E-state index < -0.39 is 0 Å². The predicted octanol–water partition coefficient (Wildman–Crippen LogP) is 4.48. The van der Waals surface area contributed by atoms with Crippen LogP contribution >= 0.6 is 11.3 Å². The lowest BCUT2D eigenvalue weighted by Gasteiger charge is -2.19. The summed E-state index contributed by atoms with van der Waals surface area (Å²) in [4.78, 5) is 15.4. The van der Waals surface area contributed by atoms with Gasteiger partial charge in [0.2, 0.25) is 5.91 Å². The number of hydrogen-bond acceptors (Lipinski definition) is 4. The molecule has 0 N–H and O–H groups in total. The average Bonchev–Trinajstić information content (AvgIpc) is 3.27. The third-order valence-corrected chi connectivity index (χ3v) is 4.18. The molecule has 3 heterocycles. The van der Waals surface area contributed by atoms with E-state index in [1.54, 1.807) is 28.6 Å². The molecule has 0 aliphatic carbocycles. The van der Waals surface area contributed by atoms with E-state index in [0.29, 0.717) is 18.8 Å². The summed E-state index contributed by atoms with van der Waals surface area (Å²) in [5, 5.41) is 2.01. The summed E-state index contributed by atoms with van der Waals surface area (Å²) in [5.41, 5.74) is 0. The first-order valence-electron chi connectivity index (χ1n) is 7.29. The van der Waals surface area contributed by atoms with Gasteiger partial charge in [-0.1, -0.05) is 6.07 Å². The van der Waals surface area contributed by atoms with Gasteiger partial charge in [0.1, 0.15) is 17.3 Å². The third kappa shape index (κ3) is 4.23. The summed E-state index contributed by atoms with van der Waals surface area (Å²) in [6.07, 6.45) is 4.85. The summed E-state index contributed by atoms with van der Waals surface area (Å²) < 4.78 is 10.8. The van der Waals surface area contributed by atoms with Crippen LogP contribution in [0.2, 0.25) is 0 Å². The molecule has 1 amide bonds. The molecule has 0 aliphatic heterocycles. The average molecular weight is 327 g/mol. The highest BCUT2D eigenvalue weighted by Crippen LogP contribution is 2.16. The van der Waals surface area contributed by atoms with Gasteiger partial charge in [0.05, 0.1) is 19.4 Å². The lowest BCUT2D eigenvalue weighted by atomic mass is 10.3. The van der Waals surface area contributed by atoms with Crippen molar-refractivity contribution in [2.24, 2.45) is 0 Å². The van der Waals surface area contributed by atoms with Crippen LogP contribution < -0.4 is 0 Å². The number of rotatable bonds is 6. The van der Waals surface area contributed by atoms with E-state index in [9.17, 15) is 4.79 Å². The van der Waals surface area contributed by atoms with Crippen LogP contribution in [0.3, 0.4) is 0 Å². The molecular formula is C18H17NO3S. The zero-order valence-corrected chi connectivity index (χ0v) is 13.6. The van der Waals surface area contributed by atoms with Crippen LogP contribution in [0.15, 0.2) is 63.0 Å². The van der Waals surface area contributed by atoms with Gasteiger partial charge < -0.3 is 13.7 Å². The number of aryl methyl sites for hydroxylation is 1. The molecule has 0 atom stereocenters. The molecule has 3 rings (SSSR count). The Morgan fingerprint density at radius 3 is 2.78 bits per heavy atom. The second-order valence-electron chi connectivity index (χ2n) is 5.13. The smallest absolute Gasteiger partial charge is 0.247 e. The third-order valence-electron chi connectivity index (χ3n) is 3.32. The van der Waals surface area contributed by atoms with Crippen molar-refractivity contribution < 1.29 is 13.6 Å². The molecule has 0 aliphatic rings. The maximum Gasteiger partial charge on any atom is 0.247 e. The van der Waals surface area contributed by atoms with Gasteiger partial charge in [-0.2, -0.15) is 0 Å². The minimum Gasteiger partial charge on any atom is -0.467 e. The van der Waals surface area contributed by atoms with Gasteiger partial charge in [0, 0.05) is 11.0 Å². The Balaban J connectivity index is 1.73. The van der Waals surface area contributed by atoms with Crippen LogP contribution in [-0.2, 0) is 17.9 Å². The maximum absolute atomic E-state index is 12.5. The summed E-state index contributed by atoms with van der Waals surface area (Å²) in [6, 6.07) is 11.4. The summed E-state index contributed by atoms with van der Waals surface area (Å²) in [7, 11) is 0. The monoisotopic (exact) mass is 327 g/mol. The molecule has 0 bridgehead atoms. The Kier molecular flexibility index (Phi) is 4.78. The van der Waals surface area contributed by atoms with E-state index >= 15 is 0 Å². The van der Waals surface area contributed by atoms with E-state index in [0.717, 1.165) is 16.4 Å². The maximum atomic E-state index is 12.5. The second-order valence-corrected chi connectivity index (χ2v) is 6.17. The van der Waals surface area contributed by atoms with Crippen molar-refractivity contribution in [2.75, 3.05) is 0 Å². The minimum absolute atomic E-state index is 0.0798. The van der Waals surface area contributed by atoms with E-state index in [1.807, 2.05) is 48.7 Å². The molecule has 5 heteroatoms. The van der Waals surface area contributed by atoms with Crippen LogP contribution in [0.5, 0.6) is 0 Å². The van der Waals surface area contributed by atoms with Gasteiger partial charge in [0.25, 0.3) is 0 Å². The van der Waals surface area contributed by atoms with Crippen LogP contribution in [0.25, 0.3) is 6.08 Å². The topological polar surface area (TPSA) is 46.6 Å². The van der Waals surface area contributed by atoms with Crippen molar-refractivity contribution in [1.29, 1.82) is 0 Å². The molecule has 23 heavy (non-hydrogen) atoms. The fraction of sp³-hybridized carbons (Fsp3) is 0.167. The van der Waals surface area contributed by atoms with Gasteiger partial charge in [-0.05, 0) is 48.7 Å². The molecule has 0 radical (unpaired) electrons. The van der Waals surface area contributed by atoms with Crippen molar-refractivity contribution in [3.05, 3.63) is 76.3 Å². The Bertz CT molecular complexity index is 733. The van der Waals surface area contributed by atoms with Crippen molar-refractivity contribution in [3.8, 4) is 0 Å². The molecule has 0 saturated carbocycles. The van der Waals surface area contributed by atoms with Crippen LogP contribution in [-0.4, -0.2) is 10.8 Å². The van der Waals surface area contributed by atoms with Crippen molar-refractivity contribution in [3.63, 3.8) is 0 Å². The first-order chi connectivity index (χ1) is 11.2. The lowest BCUT2D eigenvalue weighted by molar-refractivity contribution is -0.127. The quantitative estimate of drug-likeness (QED) is 0.627. The van der Waals surface area contributed by atoms with Gasteiger partial charge in [0.15, 0.2) is 0 Å². The number of amides is 1.